The lowest BCUT2D eigenvalue weighted by atomic mass is 10.1. The predicted molar refractivity (Wildman–Crippen MR) is 179 cm³/mol. The van der Waals surface area contributed by atoms with Gasteiger partial charge in [-0.15, -0.1) is 0 Å². The zero-order chi connectivity index (χ0) is 34.7. The van der Waals surface area contributed by atoms with E-state index < -0.39 is 76.9 Å². The summed E-state index contributed by atoms with van der Waals surface area (Å²) in [7, 11) is -5.57. The molecular formula is C25H32F2N10O8P2S2. The molecule has 4 aromatic heterocycles. The van der Waals surface area contributed by atoms with E-state index in [1.807, 2.05) is 12.2 Å². The van der Waals surface area contributed by atoms with Gasteiger partial charge in [0.25, 0.3) is 0 Å². The number of aromatic nitrogens is 8. The van der Waals surface area contributed by atoms with Crippen LogP contribution in [0.2, 0.25) is 0 Å². The Bertz CT molecular complexity index is 1840. The molecular weight excluding hydrogens is 732 g/mol. The molecule has 0 spiro atoms. The fourth-order valence-corrected chi connectivity index (χ4v) is 7.37. The molecule has 0 radical (unpaired) electrons. The minimum absolute atomic E-state index is 0.283. The van der Waals surface area contributed by atoms with Crippen LogP contribution in [-0.4, -0.2) is 112 Å². The maximum atomic E-state index is 15.2. The van der Waals surface area contributed by atoms with Crippen LogP contribution in [0.3, 0.4) is 0 Å². The molecule has 2 aliphatic rings. The highest BCUT2D eigenvalue weighted by atomic mass is 32.7. The van der Waals surface area contributed by atoms with Crippen molar-refractivity contribution in [3.63, 3.8) is 0 Å². The number of aliphatic hydroxyl groups is 2. The van der Waals surface area contributed by atoms with Gasteiger partial charge < -0.3 is 39.4 Å². The number of thiol groups is 2. The highest BCUT2D eigenvalue weighted by Crippen LogP contribution is 2.42. The average molecular weight is 765 g/mol. The molecule has 0 amide bonds. The van der Waals surface area contributed by atoms with Crippen molar-refractivity contribution < 1.29 is 46.6 Å². The lowest BCUT2D eigenvalue weighted by Crippen LogP contribution is -2.31. The number of alkyl halides is 2. The Morgan fingerprint density at radius 3 is 1.76 bits per heavy atom. The largest absolute Gasteiger partial charge is 0.394 e. The number of nitrogens with one attached hydrogen (secondary N) is 2. The summed E-state index contributed by atoms with van der Waals surface area (Å²) in [6.45, 7) is -0.245. The number of hydrogen-bond acceptors (Lipinski definition) is 16. The zero-order valence-electron chi connectivity index (χ0n) is 25.2. The van der Waals surface area contributed by atoms with Crippen LogP contribution in [0, 0.1) is 0 Å². The second-order valence-electron chi connectivity index (χ2n) is 10.7. The third-order valence-corrected chi connectivity index (χ3v) is 9.37. The molecule has 6 rings (SSSR count). The third kappa shape index (κ3) is 7.63. The van der Waals surface area contributed by atoms with Crippen molar-refractivity contribution in [2.45, 2.75) is 55.6 Å². The molecule has 4 aromatic rings. The first-order valence-electron chi connectivity index (χ1n) is 14.8. The monoisotopic (exact) mass is 764 g/mol. The van der Waals surface area contributed by atoms with Crippen molar-refractivity contribution in [1.82, 2.24) is 39.0 Å². The molecule has 2 aliphatic heterocycles. The molecule has 0 aromatic carbocycles. The van der Waals surface area contributed by atoms with E-state index in [1.54, 1.807) is 0 Å². The maximum absolute atomic E-state index is 15.2. The molecule has 0 bridgehead atoms. The smallest absolute Gasteiger partial charge is 0.243 e. The average Bonchev–Trinajstić information content (AvgIpc) is 3.85. The molecule has 2 fully saturated rings. The summed E-state index contributed by atoms with van der Waals surface area (Å²) in [6, 6.07) is 0. The van der Waals surface area contributed by atoms with Gasteiger partial charge in [0.2, 0.25) is 14.5 Å². The van der Waals surface area contributed by atoms with Crippen molar-refractivity contribution in [2.24, 2.45) is 0 Å². The summed E-state index contributed by atoms with van der Waals surface area (Å²) < 4.78 is 77.6. The number of anilines is 2. The number of hydrogen-bond donors (Lipinski definition) is 6. The van der Waals surface area contributed by atoms with E-state index in [4.69, 9.17) is 18.5 Å². The second-order valence-corrected chi connectivity index (χ2v) is 14.5. The lowest BCUT2D eigenvalue weighted by molar-refractivity contribution is -0.0427. The number of aliphatic hydroxyl groups excluding tert-OH is 2. The van der Waals surface area contributed by atoms with Crippen molar-refractivity contribution >= 4 is 72.9 Å². The van der Waals surface area contributed by atoms with Crippen LogP contribution in [-0.2, 0) is 27.7 Å². The number of imidazole rings is 2. The Morgan fingerprint density at radius 1 is 0.796 bits per heavy atom. The van der Waals surface area contributed by atoms with Crippen LogP contribution in [0.25, 0.3) is 22.3 Å². The molecule has 6 unspecified atom stereocenters. The van der Waals surface area contributed by atoms with Crippen LogP contribution in [0.5, 0.6) is 0 Å². The standard InChI is InChI=1S/C25H32F2N10O8P2S2/c26-14-18(44-46(40)48)12(6-38)42-24(14)36-10-34-16-20(30-8-32-22(16)36)28-4-2-1-3-5-29-21-17-23(33-9-31-21)37(11-35-17)25-15(27)19(45-47(41)49)13(7-39)43-25/h1-2,8-15,18-19,24-25,38-39,46-47H,3-7H2,(H,40,48)(H,41,49)(H,28,30,32)(H,29,31,33)/b2-1+/t12?,13-,14-,15-,18?,19-,24?,25?/m1/s1. The van der Waals surface area contributed by atoms with Gasteiger partial charge in [-0.25, -0.2) is 38.7 Å². The Hall–Kier alpha value is -2.78. The van der Waals surface area contributed by atoms with Crippen LogP contribution >= 0.6 is 39.0 Å². The Morgan fingerprint density at radius 2 is 1.29 bits per heavy atom. The Labute approximate surface area is 288 Å². The van der Waals surface area contributed by atoms with E-state index in [1.165, 1.54) is 34.4 Å². The van der Waals surface area contributed by atoms with Gasteiger partial charge in [-0.2, -0.15) is 0 Å². The molecule has 0 aliphatic carbocycles. The maximum Gasteiger partial charge on any atom is 0.243 e. The fourth-order valence-electron chi connectivity index (χ4n) is 5.61. The van der Waals surface area contributed by atoms with E-state index in [9.17, 15) is 19.3 Å². The molecule has 2 saturated heterocycles. The van der Waals surface area contributed by atoms with E-state index in [-0.39, 0.29) is 11.3 Å². The number of halogens is 2. The number of rotatable bonds is 15. The summed E-state index contributed by atoms with van der Waals surface area (Å²) in [5.41, 5.74) is 1.31. The summed E-state index contributed by atoms with van der Waals surface area (Å²) in [4.78, 5) is 25.6. The molecule has 266 valence electrons. The summed E-state index contributed by atoms with van der Waals surface area (Å²) >= 11 is 7.43. The zero-order valence-corrected chi connectivity index (χ0v) is 29.0. The van der Waals surface area contributed by atoms with Gasteiger partial charge in [-0.3, -0.25) is 18.3 Å². The van der Waals surface area contributed by atoms with Gasteiger partial charge in [-0.05, 0) is 6.42 Å². The molecule has 6 heterocycles. The first-order valence-corrected chi connectivity index (χ1v) is 20.0. The van der Waals surface area contributed by atoms with Gasteiger partial charge in [0.15, 0.2) is 58.8 Å². The van der Waals surface area contributed by atoms with Gasteiger partial charge in [-0.1, -0.05) is 36.6 Å². The van der Waals surface area contributed by atoms with Gasteiger partial charge >= 0.3 is 0 Å². The minimum Gasteiger partial charge on any atom is -0.394 e. The van der Waals surface area contributed by atoms with Gasteiger partial charge in [0.1, 0.15) is 37.1 Å². The first-order chi connectivity index (χ1) is 23.7. The van der Waals surface area contributed by atoms with Crippen LogP contribution in [0.15, 0.2) is 37.5 Å². The molecule has 4 N–H and O–H groups in total. The van der Waals surface area contributed by atoms with E-state index in [0.717, 1.165) is 0 Å². The second kappa shape index (κ2) is 16.1. The molecule has 10 atom stereocenters. The van der Waals surface area contributed by atoms with E-state index in [2.05, 4.69) is 65.0 Å². The van der Waals surface area contributed by atoms with E-state index >= 15 is 8.78 Å². The molecule has 0 saturated carbocycles. The molecule has 18 nitrogen and oxygen atoms in total. The third-order valence-electron chi connectivity index (χ3n) is 7.79. The first kappa shape index (κ1) is 36.0. The predicted octanol–water partition coefficient (Wildman–Crippen LogP) is 2.30. The van der Waals surface area contributed by atoms with Crippen molar-refractivity contribution in [2.75, 3.05) is 36.9 Å². The number of fused-ring (bicyclic) bond motifs is 2. The highest BCUT2D eigenvalue weighted by molar-refractivity contribution is 8.39. The quantitative estimate of drug-likeness (QED) is 0.0442. The van der Waals surface area contributed by atoms with Gasteiger partial charge in [0, 0.05) is 13.1 Å². The summed E-state index contributed by atoms with van der Waals surface area (Å²) in [5.74, 6) is 0.815. The normalized spacial score (nSPS) is 28.5. The van der Waals surface area contributed by atoms with Gasteiger partial charge in [0.05, 0.1) is 25.9 Å². The lowest BCUT2D eigenvalue weighted by Gasteiger charge is -2.16. The minimum atomic E-state index is -2.79. The SMILES string of the molecule is O=[PH](S)OC1C(CO)OC(n2cnc3c(NC/C=C/CCNc4ncnc5c4ncn5C4O[C@H](CO)[C@@H](O[PH](=O)S)[C@H]4F)ncnc32)[C@@H]1F. The van der Waals surface area contributed by atoms with Crippen molar-refractivity contribution in [3.8, 4) is 0 Å². The van der Waals surface area contributed by atoms with Crippen molar-refractivity contribution in [3.05, 3.63) is 37.5 Å². The topological polar surface area (TPSA) is 223 Å². The fraction of sp³-hybridized carbons (Fsp3) is 0.520. The summed E-state index contributed by atoms with van der Waals surface area (Å²) in [5, 5.41) is 25.5. The molecule has 24 heteroatoms. The number of ether oxygens (including phenoxy) is 2. The van der Waals surface area contributed by atoms with E-state index in [0.29, 0.717) is 42.2 Å². The van der Waals surface area contributed by atoms with Crippen LogP contribution < -0.4 is 10.6 Å². The van der Waals surface area contributed by atoms with Crippen LogP contribution in [0.1, 0.15) is 18.9 Å². The van der Waals surface area contributed by atoms with Crippen LogP contribution in [0.4, 0.5) is 20.4 Å². The Balaban J connectivity index is 1.03. The van der Waals surface area contributed by atoms with Crippen molar-refractivity contribution in [1.29, 1.82) is 0 Å². The molecule has 49 heavy (non-hydrogen) atoms. The highest BCUT2D eigenvalue weighted by Gasteiger charge is 2.49. The summed E-state index contributed by atoms with van der Waals surface area (Å²) in [6.07, 6.45) is -0.955. The Kier molecular flexibility index (Phi) is 11.8. The number of nitrogens with zero attached hydrogens (tertiary/aromatic N) is 8.